The fourth-order valence-corrected chi connectivity index (χ4v) is 3.92. The van der Waals surface area contributed by atoms with E-state index in [1.54, 1.807) is 24.3 Å². The summed E-state index contributed by atoms with van der Waals surface area (Å²) < 4.78 is 12.0. The van der Waals surface area contributed by atoms with Crippen LogP contribution in [0.1, 0.15) is 18.1 Å². The molecule has 0 radical (unpaired) electrons. The van der Waals surface area contributed by atoms with Crippen molar-refractivity contribution >= 4 is 63.5 Å². The van der Waals surface area contributed by atoms with Gasteiger partial charge in [0, 0.05) is 10.6 Å². The van der Waals surface area contributed by atoms with Crippen LogP contribution in [0.3, 0.4) is 0 Å². The summed E-state index contributed by atoms with van der Waals surface area (Å²) in [6, 6.07) is 10.9. The highest BCUT2D eigenvalue weighted by Crippen LogP contribution is 2.39. The van der Waals surface area contributed by atoms with E-state index in [1.807, 2.05) is 25.1 Å². The number of carbonyl (C=O) groups is 1. The lowest BCUT2D eigenvalue weighted by Gasteiger charge is -2.15. The first-order valence-electron chi connectivity index (χ1n) is 8.05. The van der Waals surface area contributed by atoms with Gasteiger partial charge in [-0.05, 0) is 36.8 Å². The number of rotatable bonds is 6. The molecule has 1 fully saturated rings. The SMILES string of the molecule is CCOc1cc(C=C2SC(=S)NC2=O)cc(Cl)c1OCc1ccccc1Cl. The number of hydrogen-bond donors (Lipinski definition) is 1. The Kier molecular flexibility index (Phi) is 6.65. The van der Waals surface area contributed by atoms with Crippen LogP contribution in [0.4, 0.5) is 0 Å². The number of benzene rings is 2. The molecular formula is C19H15Cl2NO3S2. The van der Waals surface area contributed by atoms with Crippen LogP contribution in [0.15, 0.2) is 41.3 Å². The Morgan fingerprint density at radius 2 is 1.96 bits per heavy atom. The van der Waals surface area contributed by atoms with Crippen LogP contribution >= 0.6 is 47.2 Å². The zero-order valence-electron chi connectivity index (χ0n) is 14.3. The second kappa shape index (κ2) is 8.97. The molecule has 2 aromatic carbocycles. The second-order valence-corrected chi connectivity index (χ2v) is 8.03. The van der Waals surface area contributed by atoms with E-state index in [0.29, 0.717) is 37.4 Å². The number of hydrogen-bond acceptors (Lipinski definition) is 5. The van der Waals surface area contributed by atoms with Crippen molar-refractivity contribution in [1.29, 1.82) is 0 Å². The van der Waals surface area contributed by atoms with Gasteiger partial charge in [-0.15, -0.1) is 0 Å². The van der Waals surface area contributed by atoms with E-state index in [9.17, 15) is 4.79 Å². The van der Waals surface area contributed by atoms with Crippen molar-refractivity contribution in [3.8, 4) is 11.5 Å². The molecule has 3 rings (SSSR count). The fourth-order valence-electron chi connectivity index (χ4n) is 2.41. The van der Waals surface area contributed by atoms with E-state index < -0.39 is 0 Å². The maximum absolute atomic E-state index is 11.9. The molecule has 1 heterocycles. The average molecular weight is 440 g/mol. The highest BCUT2D eigenvalue weighted by atomic mass is 35.5. The highest BCUT2D eigenvalue weighted by molar-refractivity contribution is 8.26. The van der Waals surface area contributed by atoms with Gasteiger partial charge in [0.2, 0.25) is 0 Å². The molecule has 1 saturated heterocycles. The summed E-state index contributed by atoms with van der Waals surface area (Å²) in [7, 11) is 0. The van der Waals surface area contributed by atoms with Crippen LogP contribution in [0, 0.1) is 0 Å². The summed E-state index contributed by atoms with van der Waals surface area (Å²) in [6.07, 6.45) is 1.71. The van der Waals surface area contributed by atoms with Gasteiger partial charge in [-0.2, -0.15) is 0 Å². The molecule has 0 unspecified atom stereocenters. The minimum absolute atomic E-state index is 0.224. The van der Waals surface area contributed by atoms with Crippen molar-refractivity contribution in [2.24, 2.45) is 0 Å². The molecule has 27 heavy (non-hydrogen) atoms. The van der Waals surface area contributed by atoms with E-state index in [2.05, 4.69) is 5.32 Å². The van der Waals surface area contributed by atoms with Crippen molar-refractivity contribution in [2.75, 3.05) is 6.61 Å². The number of thiocarbonyl (C=S) groups is 1. The summed E-state index contributed by atoms with van der Waals surface area (Å²) in [5.74, 6) is 0.702. The molecule has 0 saturated carbocycles. The predicted molar refractivity (Wildman–Crippen MR) is 115 cm³/mol. The zero-order chi connectivity index (χ0) is 19.4. The fraction of sp³-hybridized carbons (Fsp3) is 0.158. The molecule has 1 aliphatic heterocycles. The Bertz CT molecular complexity index is 931. The van der Waals surface area contributed by atoms with Crippen molar-refractivity contribution in [2.45, 2.75) is 13.5 Å². The Balaban J connectivity index is 1.88. The third-order valence-electron chi connectivity index (χ3n) is 3.60. The van der Waals surface area contributed by atoms with Crippen LogP contribution in [-0.4, -0.2) is 16.8 Å². The monoisotopic (exact) mass is 439 g/mol. The van der Waals surface area contributed by atoms with E-state index in [-0.39, 0.29) is 12.5 Å². The molecule has 4 nitrogen and oxygen atoms in total. The third kappa shape index (κ3) is 4.96. The Hall–Kier alpha value is -1.73. The van der Waals surface area contributed by atoms with Crippen molar-refractivity contribution in [3.05, 3.63) is 62.5 Å². The minimum atomic E-state index is -0.224. The number of ether oxygens (including phenoxy) is 2. The highest BCUT2D eigenvalue weighted by Gasteiger charge is 2.22. The van der Waals surface area contributed by atoms with Gasteiger partial charge in [-0.1, -0.05) is 65.4 Å². The molecule has 0 bridgehead atoms. The molecule has 0 spiro atoms. The lowest BCUT2D eigenvalue weighted by Crippen LogP contribution is -2.17. The van der Waals surface area contributed by atoms with Crippen LogP contribution in [0.2, 0.25) is 10.0 Å². The van der Waals surface area contributed by atoms with Crippen molar-refractivity contribution < 1.29 is 14.3 Å². The molecule has 2 aromatic rings. The average Bonchev–Trinajstić information content (AvgIpc) is 2.93. The molecule has 1 aliphatic rings. The van der Waals surface area contributed by atoms with E-state index in [0.717, 1.165) is 11.1 Å². The van der Waals surface area contributed by atoms with Crippen molar-refractivity contribution in [1.82, 2.24) is 5.32 Å². The summed E-state index contributed by atoms with van der Waals surface area (Å²) in [5, 5.41) is 3.58. The minimum Gasteiger partial charge on any atom is -0.490 e. The summed E-state index contributed by atoms with van der Waals surface area (Å²) in [4.78, 5) is 12.4. The largest absolute Gasteiger partial charge is 0.490 e. The molecule has 0 aliphatic carbocycles. The first-order valence-corrected chi connectivity index (χ1v) is 10.0. The standard InChI is InChI=1S/C19H15Cl2NO3S2/c1-2-24-15-8-11(9-16-18(23)22-19(26)27-16)7-14(21)17(15)25-10-12-5-3-4-6-13(12)20/h3-9H,2,10H2,1H3,(H,22,23,26). The zero-order valence-corrected chi connectivity index (χ0v) is 17.4. The van der Waals surface area contributed by atoms with Gasteiger partial charge in [0.05, 0.1) is 16.5 Å². The maximum Gasteiger partial charge on any atom is 0.263 e. The van der Waals surface area contributed by atoms with Gasteiger partial charge >= 0.3 is 0 Å². The first kappa shape index (κ1) is 20.0. The Morgan fingerprint density at radius 1 is 1.19 bits per heavy atom. The number of thioether (sulfide) groups is 1. The van der Waals surface area contributed by atoms with Crippen LogP contribution in [0.25, 0.3) is 6.08 Å². The molecular weight excluding hydrogens is 425 g/mol. The number of carbonyl (C=O) groups excluding carboxylic acids is 1. The predicted octanol–water partition coefficient (Wildman–Crippen LogP) is 5.46. The molecule has 0 atom stereocenters. The number of nitrogens with one attached hydrogen (secondary N) is 1. The van der Waals surface area contributed by atoms with Gasteiger partial charge < -0.3 is 14.8 Å². The van der Waals surface area contributed by atoms with Crippen LogP contribution < -0.4 is 14.8 Å². The van der Waals surface area contributed by atoms with Crippen LogP contribution in [0.5, 0.6) is 11.5 Å². The lowest BCUT2D eigenvalue weighted by molar-refractivity contribution is -0.115. The lowest BCUT2D eigenvalue weighted by atomic mass is 10.1. The van der Waals surface area contributed by atoms with E-state index in [4.69, 9.17) is 44.9 Å². The smallest absolute Gasteiger partial charge is 0.263 e. The van der Waals surface area contributed by atoms with Gasteiger partial charge in [-0.25, -0.2) is 0 Å². The first-order chi connectivity index (χ1) is 13.0. The second-order valence-electron chi connectivity index (χ2n) is 5.50. The van der Waals surface area contributed by atoms with E-state index >= 15 is 0 Å². The molecule has 8 heteroatoms. The number of amides is 1. The van der Waals surface area contributed by atoms with Gasteiger partial charge in [-0.3, -0.25) is 4.79 Å². The summed E-state index contributed by atoms with van der Waals surface area (Å²) in [6.45, 7) is 2.57. The summed E-state index contributed by atoms with van der Waals surface area (Å²) >= 11 is 18.8. The van der Waals surface area contributed by atoms with Gasteiger partial charge in [0.1, 0.15) is 10.9 Å². The third-order valence-corrected chi connectivity index (χ3v) is 5.41. The molecule has 0 aromatic heterocycles. The molecule has 1 N–H and O–H groups in total. The number of halogens is 2. The molecule has 140 valence electrons. The maximum atomic E-state index is 11.9. The topological polar surface area (TPSA) is 47.6 Å². The Morgan fingerprint density at radius 3 is 2.63 bits per heavy atom. The van der Waals surface area contributed by atoms with Crippen LogP contribution in [-0.2, 0) is 11.4 Å². The van der Waals surface area contributed by atoms with Crippen molar-refractivity contribution in [3.63, 3.8) is 0 Å². The van der Waals surface area contributed by atoms with Gasteiger partial charge in [0.25, 0.3) is 5.91 Å². The normalized spacial score (nSPS) is 15.1. The Labute approximate surface area is 176 Å². The summed E-state index contributed by atoms with van der Waals surface area (Å²) in [5.41, 5.74) is 1.56. The molecule has 1 amide bonds. The van der Waals surface area contributed by atoms with Gasteiger partial charge in [0.15, 0.2) is 11.5 Å². The quantitative estimate of drug-likeness (QED) is 0.478. The van der Waals surface area contributed by atoms with E-state index in [1.165, 1.54) is 11.8 Å².